The molecule has 4 nitrogen and oxygen atoms in total. The molecule has 3 rings (SSSR count). The van der Waals surface area contributed by atoms with Crippen molar-refractivity contribution in [3.8, 4) is 0 Å². The maximum absolute atomic E-state index is 12.3. The van der Waals surface area contributed by atoms with Crippen molar-refractivity contribution in [1.29, 1.82) is 0 Å². The Hall–Kier alpha value is -0.610. The van der Waals surface area contributed by atoms with Gasteiger partial charge in [0.05, 0.1) is 6.61 Å². The van der Waals surface area contributed by atoms with E-state index in [-0.39, 0.29) is 0 Å². The van der Waals surface area contributed by atoms with E-state index in [4.69, 9.17) is 4.74 Å². The van der Waals surface area contributed by atoms with Gasteiger partial charge in [-0.25, -0.2) is 0 Å². The summed E-state index contributed by atoms with van der Waals surface area (Å²) in [6.07, 6.45) is 6.98. The predicted octanol–water partition coefficient (Wildman–Crippen LogP) is 1.75. The second-order valence-corrected chi connectivity index (χ2v) is 6.84. The molecule has 20 heavy (non-hydrogen) atoms. The number of nitrogens with zero attached hydrogens (tertiary/aromatic N) is 2. The molecule has 0 aromatic heterocycles. The Morgan fingerprint density at radius 2 is 1.95 bits per heavy atom. The fourth-order valence-corrected chi connectivity index (χ4v) is 3.70. The van der Waals surface area contributed by atoms with Gasteiger partial charge in [-0.1, -0.05) is 6.42 Å². The molecule has 0 N–H and O–H groups in total. The number of hydrogen-bond donors (Lipinski definition) is 0. The second-order valence-electron chi connectivity index (χ2n) is 6.84. The zero-order valence-electron chi connectivity index (χ0n) is 12.7. The first kappa shape index (κ1) is 14.3. The molecule has 114 valence electrons. The molecule has 0 aromatic carbocycles. The quantitative estimate of drug-likeness (QED) is 0.786. The van der Waals surface area contributed by atoms with Gasteiger partial charge in [-0.15, -0.1) is 0 Å². The maximum Gasteiger partial charge on any atom is 0.225 e. The highest BCUT2D eigenvalue weighted by molar-refractivity contribution is 5.79. The molecule has 2 heterocycles. The SMILES string of the molecule is CN(C(=O)C1CCC1)C1CCN(CC2CCOC2)CC1. The molecule has 3 aliphatic rings. The molecule has 4 heteroatoms. The molecule has 1 saturated carbocycles. The highest BCUT2D eigenvalue weighted by Crippen LogP contribution is 2.29. The summed E-state index contributed by atoms with van der Waals surface area (Å²) in [4.78, 5) is 16.9. The summed E-state index contributed by atoms with van der Waals surface area (Å²) < 4.78 is 5.46. The Kier molecular flexibility index (Phi) is 4.61. The third-order valence-corrected chi connectivity index (χ3v) is 5.45. The van der Waals surface area contributed by atoms with Crippen LogP contribution in [0.4, 0.5) is 0 Å². The lowest BCUT2D eigenvalue weighted by Crippen LogP contribution is -2.48. The van der Waals surface area contributed by atoms with Gasteiger partial charge in [0.2, 0.25) is 5.91 Å². The van der Waals surface area contributed by atoms with E-state index in [1.54, 1.807) is 0 Å². The fraction of sp³-hybridized carbons (Fsp3) is 0.938. The Bertz CT molecular complexity index is 329. The molecule has 1 amide bonds. The maximum atomic E-state index is 12.3. The summed E-state index contributed by atoms with van der Waals surface area (Å²) >= 11 is 0. The van der Waals surface area contributed by atoms with Crippen molar-refractivity contribution in [1.82, 2.24) is 9.80 Å². The Balaban J connectivity index is 1.41. The number of piperidine rings is 1. The minimum atomic E-state index is 0.341. The molecule has 0 spiro atoms. The number of amides is 1. The first-order chi connectivity index (χ1) is 9.74. The highest BCUT2D eigenvalue weighted by atomic mass is 16.5. The van der Waals surface area contributed by atoms with Gasteiger partial charge in [0.15, 0.2) is 0 Å². The molecule has 1 unspecified atom stereocenters. The average Bonchev–Trinajstić information content (AvgIpc) is 2.89. The van der Waals surface area contributed by atoms with E-state index in [0.717, 1.165) is 57.9 Å². The monoisotopic (exact) mass is 280 g/mol. The van der Waals surface area contributed by atoms with Crippen molar-refractivity contribution in [3.05, 3.63) is 0 Å². The summed E-state index contributed by atoms with van der Waals surface area (Å²) in [5.41, 5.74) is 0. The lowest BCUT2D eigenvalue weighted by Gasteiger charge is -2.39. The zero-order chi connectivity index (χ0) is 13.9. The van der Waals surface area contributed by atoms with Crippen LogP contribution < -0.4 is 0 Å². The first-order valence-corrected chi connectivity index (χ1v) is 8.31. The van der Waals surface area contributed by atoms with Crippen LogP contribution in [0.1, 0.15) is 38.5 Å². The van der Waals surface area contributed by atoms with E-state index in [1.807, 2.05) is 7.05 Å². The third kappa shape index (κ3) is 3.17. The molecular weight excluding hydrogens is 252 g/mol. The van der Waals surface area contributed by atoms with Crippen molar-refractivity contribution in [2.24, 2.45) is 11.8 Å². The van der Waals surface area contributed by atoms with Crippen LogP contribution in [0, 0.1) is 11.8 Å². The second kappa shape index (κ2) is 6.44. The molecule has 3 fully saturated rings. The van der Waals surface area contributed by atoms with E-state index >= 15 is 0 Å². The summed E-state index contributed by atoms with van der Waals surface area (Å²) in [5, 5.41) is 0. The zero-order valence-corrected chi connectivity index (χ0v) is 12.7. The van der Waals surface area contributed by atoms with Crippen LogP contribution in [0.15, 0.2) is 0 Å². The number of carbonyl (C=O) groups is 1. The number of hydrogen-bond acceptors (Lipinski definition) is 3. The van der Waals surface area contributed by atoms with Gasteiger partial charge >= 0.3 is 0 Å². The van der Waals surface area contributed by atoms with Gasteiger partial charge < -0.3 is 14.5 Å². The van der Waals surface area contributed by atoms with Gasteiger partial charge in [0.25, 0.3) is 0 Å². The normalized spacial score (nSPS) is 29.4. The molecule has 0 aromatic rings. The van der Waals surface area contributed by atoms with Crippen LogP contribution in [0.2, 0.25) is 0 Å². The topological polar surface area (TPSA) is 32.8 Å². The van der Waals surface area contributed by atoms with E-state index in [9.17, 15) is 4.79 Å². The first-order valence-electron chi connectivity index (χ1n) is 8.31. The van der Waals surface area contributed by atoms with Crippen LogP contribution in [0.3, 0.4) is 0 Å². The standard InChI is InChI=1S/C16H28N2O2/c1-17(16(19)14-3-2-4-14)15-5-8-18(9-6-15)11-13-7-10-20-12-13/h13-15H,2-12H2,1H3. The van der Waals surface area contributed by atoms with Gasteiger partial charge in [0, 0.05) is 45.2 Å². The Morgan fingerprint density at radius 1 is 1.20 bits per heavy atom. The van der Waals surface area contributed by atoms with Crippen LogP contribution in [-0.4, -0.2) is 61.6 Å². The summed E-state index contributed by atoms with van der Waals surface area (Å²) in [7, 11) is 2.02. The molecule has 0 bridgehead atoms. The van der Waals surface area contributed by atoms with Gasteiger partial charge in [-0.2, -0.15) is 0 Å². The molecule has 0 radical (unpaired) electrons. The molecule has 1 atom stereocenters. The number of rotatable bonds is 4. The van der Waals surface area contributed by atoms with Crippen molar-refractivity contribution < 1.29 is 9.53 Å². The van der Waals surface area contributed by atoms with Crippen LogP contribution in [-0.2, 0) is 9.53 Å². The van der Waals surface area contributed by atoms with Gasteiger partial charge in [-0.3, -0.25) is 4.79 Å². The van der Waals surface area contributed by atoms with E-state index in [2.05, 4.69) is 9.80 Å². The lowest BCUT2D eigenvalue weighted by atomic mass is 9.84. The van der Waals surface area contributed by atoms with E-state index < -0.39 is 0 Å². The largest absolute Gasteiger partial charge is 0.381 e. The number of likely N-dealkylation sites (tertiary alicyclic amines) is 1. The summed E-state index contributed by atoms with van der Waals surface area (Å²) in [6, 6.07) is 0.471. The van der Waals surface area contributed by atoms with Crippen molar-refractivity contribution in [2.75, 3.05) is 39.9 Å². The third-order valence-electron chi connectivity index (χ3n) is 5.45. The lowest BCUT2D eigenvalue weighted by molar-refractivity contribution is -0.139. The van der Waals surface area contributed by atoms with Gasteiger partial charge in [-0.05, 0) is 38.0 Å². The van der Waals surface area contributed by atoms with E-state index in [0.29, 0.717) is 17.9 Å². The minimum Gasteiger partial charge on any atom is -0.381 e. The van der Waals surface area contributed by atoms with Crippen molar-refractivity contribution in [2.45, 2.75) is 44.6 Å². The average molecular weight is 280 g/mol. The highest BCUT2D eigenvalue weighted by Gasteiger charge is 2.32. The summed E-state index contributed by atoms with van der Waals surface area (Å²) in [6.45, 7) is 5.36. The van der Waals surface area contributed by atoms with E-state index in [1.165, 1.54) is 19.4 Å². The fourth-order valence-electron chi connectivity index (χ4n) is 3.70. The smallest absolute Gasteiger partial charge is 0.225 e. The molecular formula is C16H28N2O2. The van der Waals surface area contributed by atoms with Crippen LogP contribution in [0.25, 0.3) is 0 Å². The predicted molar refractivity (Wildman–Crippen MR) is 78.5 cm³/mol. The van der Waals surface area contributed by atoms with Gasteiger partial charge in [0.1, 0.15) is 0 Å². The van der Waals surface area contributed by atoms with Crippen molar-refractivity contribution >= 4 is 5.91 Å². The molecule has 1 aliphatic carbocycles. The summed E-state index contributed by atoms with van der Waals surface area (Å²) in [5.74, 6) is 1.48. The van der Waals surface area contributed by atoms with Crippen LogP contribution >= 0.6 is 0 Å². The molecule has 2 saturated heterocycles. The number of carbonyl (C=O) groups excluding carboxylic acids is 1. The minimum absolute atomic E-state index is 0.341. The molecule has 2 aliphatic heterocycles. The Morgan fingerprint density at radius 3 is 2.50 bits per heavy atom. The Labute approximate surface area is 122 Å². The van der Waals surface area contributed by atoms with Crippen LogP contribution in [0.5, 0.6) is 0 Å². The number of ether oxygens (including phenoxy) is 1. The van der Waals surface area contributed by atoms with Crippen molar-refractivity contribution in [3.63, 3.8) is 0 Å².